The molecule has 1 aromatic carbocycles. The Morgan fingerprint density at radius 3 is 2.56 bits per heavy atom. The predicted octanol–water partition coefficient (Wildman–Crippen LogP) is 1.37. The predicted molar refractivity (Wildman–Crippen MR) is 99.0 cm³/mol. The van der Waals surface area contributed by atoms with Crippen LogP contribution in [-0.4, -0.2) is 51.4 Å². The number of H-pyrrole nitrogens is 1. The quantitative estimate of drug-likeness (QED) is 0.870. The van der Waals surface area contributed by atoms with E-state index in [1.807, 2.05) is 17.0 Å². The highest BCUT2D eigenvalue weighted by molar-refractivity contribution is 5.92. The molecule has 0 bridgehead atoms. The van der Waals surface area contributed by atoms with Gasteiger partial charge in [-0.15, -0.1) is 0 Å². The summed E-state index contributed by atoms with van der Waals surface area (Å²) in [6, 6.07) is 10.9. The van der Waals surface area contributed by atoms with Gasteiger partial charge in [-0.05, 0) is 24.1 Å². The van der Waals surface area contributed by atoms with E-state index in [-0.39, 0.29) is 40.9 Å². The first-order chi connectivity index (χ1) is 13.0. The Labute approximate surface area is 157 Å². The lowest BCUT2D eigenvalue weighted by atomic mass is 9.87. The van der Waals surface area contributed by atoms with Crippen LogP contribution in [0.3, 0.4) is 0 Å². The van der Waals surface area contributed by atoms with E-state index >= 15 is 0 Å². The molecule has 0 unspecified atom stereocenters. The van der Waals surface area contributed by atoms with Crippen molar-refractivity contribution in [3.05, 3.63) is 63.6 Å². The van der Waals surface area contributed by atoms with Gasteiger partial charge >= 0.3 is 0 Å². The molecule has 2 aromatic rings. The number of nitrogens with zero attached hydrogens (tertiary/aromatic N) is 3. The van der Waals surface area contributed by atoms with E-state index in [9.17, 15) is 14.4 Å². The Hall–Kier alpha value is -2.96. The molecule has 2 saturated heterocycles. The number of hydrogen-bond donors (Lipinski definition) is 1. The van der Waals surface area contributed by atoms with Crippen LogP contribution in [0.4, 0.5) is 0 Å². The summed E-state index contributed by atoms with van der Waals surface area (Å²) in [7, 11) is 0. The van der Waals surface area contributed by atoms with Crippen LogP contribution in [0, 0.1) is 18.8 Å². The maximum Gasteiger partial charge on any atom is 0.274 e. The minimum atomic E-state index is -0.332. The zero-order chi connectivity index (χ0) is 19.1. The molecule has 2 aliphatic heterocycles. The van der Waals surface area contributed by atoms with Crippen LogP contribution in [-0.2, 0) is 4.79 Å². The molecule has 2 fully saturated rings. The molecule has 1 aromatic heterocycles. The van der Waals surface area contributed by atoms with Crippen LogP contribution in [0.5, 0.6) is 0 Å². The summed E-state index contributed by atoms with van der Waals surface area (Å²) in [4.78, 5) is 39.9. The normalized spacial score (nSPS) is 24.1. The van der Waals surface area contributed by atoms with Gasteiger partial charge in [0.05, 0.1) is 6.04 Å². The van der Waals surface area contributed by atoms with E-state index in [4.69, 9.17) is 0 Å². The van der Waals surface area contributed by atoms with Crippen LogP contribution < -0.4 is 5.56 Å². The lowest BCUT2D eigenvalue weighted by molar-refractivity contribution is -0.130. The van der Waals surface area contributed by atoms with Gasteiger partial charge in [-0.3, -0.25) is 14.4 Å². The monoisotopic (exact) mass is 366 g/mol. The summed E-state index contributed by atoms with van der Waals surface area (Å²) in [5, 5.41) is 6.17. The van der Waals surface area contributed by atoms with Gasteiger partial charge in [0.25, 0.3) is 11.5 Å². The van der Waals surface area contributed by atoms with Crippen LogP contribution >= 0.6 is 0 Å². The average molecular weight is 366 g/mol. The molecule has 2 amide bonds. The van der Waals surface area contributed by atoms with Gasteiger partial charge in [0.15, 0.2) is 0 Å². The van der Waals surface area contributed by atoms with Gasteiger partial charge in [-0.1, -0.05) is 24.3 Å². The number of amides is 2. The van der Waals surface area contributed by atoms with Crippen molar-refractivity contribution in [3.8, 4) is 0 Å². The van der Waals surface area contributed by atoms with Crippen molar-refractivity contribution in [1.29, 1.82) is 0 Å². The van der Waals surface area contributed by atoms with Crippen molar-refractivity contribution in [2.24, 2.45) is 11.8 Å². The Bertz CT molecular complexity index is 934. The molecule has 0 radical (unpaired) electrons. The van der Waals surface area contributed by atoms with Gasteiger partial charge in [-0.25, -0.2) is 5.10 Å². The van der Waals surface area contributed by atoms with Crippen molar-refractivity contribution in [2.45, 2.75) is 19.9 Å². The van der Waals surface area contributed by atoms with E-state index in [0.717, 1.165) is 11.1 Å². The number of fused-ring (bicyclic) bond motifs is 1. The zero-order valence-electron chi connectivity index (χ0n) is 15.4. The van der Waals surface area contributed by atoms with Crippen LogP contribution in [0.2, 0.25) is 0 Å². The molecule has 0 saturated carbocycles. The lowest BCUT2D eigenvalue weighted by Gasteiger charge is -2.30. The molecule has 2 aliphatic rings. The number of benzene rings is 1. The number of carbonyl (C=O) groups is 2. The second-order valence-electron chi connectivity index (χ2n) is 7.41. The fraction of sp³-hybridized carbons (Fsp3) is 0.400. The van der Waals surface area contributed by atoms with Crippen LogP contribution in [0.25, 0.3) is 0 Å². The number of nitrogens with one attached hydrogen (secondary N) is 1. The first-order valence-electron chi connectivity index (χ1n) is 9.13. The van der Waals surface area contributed by atoms with Gasteiger partial charge in [0.1, 0.15) is 5.69 Å². The van der Waals surface area contributed by atoms with E-state index < -0.39 is 0 Å². The summed E-state index contributed by atoms with van der Waals surface area (Å²) in [6.07, 6.45) is 0. The van der Waals surface area contributed by atoms with Crippen LogP contribution in [0.15, 0.2) is 41.2 Å². The second-order valence-corrected chi connectivity index (χ2v) is 7.41. The average Bonchev–Trinajstić information content (AvgIpc) is 3.20. The molecule has 0 spiro atoms. The SMILES string of the molecule is CC(=O)N1C[C@H]2CN(C(=O)c3ccc(=O)[nH]n3)C[C@H]2[C@@H]1c1ccccc1C. The van der Waals surface area contributed by atoms with Crippen molar-refractivity contribution in [1.82, 2.24) is 20.0 Å². The van der Waals surface area contributed by atoms with E-state index in [1.165, 1.54) is 12.1 Å². The molecule has 0 aliphatic carbocycles. The van der Waals surface area contributed by atoms with Gasteiger partial charge in [-0.2, -0.15) is 5.10 Å². The molecular formula is C20H22N4O3. The fourth-order valence-corrected chi connectivity index (χ4v) is 4.48. The van der Waals surface area contributed by atoms with Crippen molar-refractivity contribution >= 4 is 11.8 Å². The second kappa shape index (κ2) is 6.64. The third-order valence-corrected chi connectivity index (χ3v) is 5.76. The van der Waals surface area contributed by atoms with Crippen molar-refractivity contribution in [3.63, 3.8) is 0 Å². The first kappa shape index (κ1) is 17.5. The number of aryl methyl sites for hydroxylation is 1. The fourth-order valence-electron chi connectivity index (χ4n) is 4.48. The summed E-state index contributed by atoms with van der Waals surface area (Å²) in [6.45, 7) is 5.49. The lowest BCUT2D eigenvalue weighted by Crippen LogP contribution is -2.37. The van der Waals surface area contributed by atoms with Gasteiger partial charge in [0.2, 0.25) is 5.91 Å². The molecule has 27 heavy (non-hydrogen) atoms. The molecule has 7 nitrogen and oxygen atoms in total. The number of aromatic amines is 1. The maximum atomic E-state index is 12.8. The number of likely N-dealkylation sites (tertiary alicyclic amines) is 2. The molecule has 140 valence electrons. The third kappa shape index (κ3) is 3.03. The maximum absolute atomic E-state index is 12.8. The van der Waals surface area contributed by atoms with E-state index in [0.29, 0.717) is 19.6 Å². The summed E-state index contributed by atoms with van der Waals surface area (Å²) in [5.41, 5.74) is 2.21. The molecular weight excluding hydrogens is 344 g/mol. The van der Waals surface area contributed by atoms with E-state index in [1.54, 1.807) is 11.8 Å². The topological polar surface area (TPSA) is 86.4 Å². The molecule has 3 atom stereocenters. The minimum absolute atomic E-state index is 0.0185. The van der Waals surface area contributed by atoms with Crippen molar-refractivity contribution < 1.29 is 9.59 Å². The van der Waals surface area contributed by atoms with Gasteiger partial charge in [0, 0.05) is 44.5 Å². The Kier molecular flexibility index (Phi) is 4.30. The van der Waals surface area contributed by atoms with Crippen molar-refractivity contribution in [2.75, 3.05) is 19.6 Å². The molecule has 7 heteroatoms. The molecule has 3 heterocycles. The smallest absolute Gasteiger partial charge is 0.274 e. The van der Waals surface area contributed by atoms with Crippen LogP contribution in [0.1, 0.15) is 34.6 Å². The Morgan fingerprint density at radius 2 is 1.89 bits per heavy atom. The highest BCUT2D eigenvalue weighted by Gasteiger charge is 2.49. The number of aromatic nitrogens is 2. The highest BCUT2D eigenvalue weighted by Crippen LogP contribution is 2.45. The standard InChI is InChI=1S/C20H22N4O3/c1-12-5-3-4-6-15(12)19-16-11-23(9-14(16)10-24(19)13(2)25)20(27)17-7-8-18(26)22-21-17/h3-8,14,16,19H,9-11H2,1-2H3,(H,22,26)/t14-,16-,19+/m1/s1. The molecule has 4 rings (SSSR count). The number of hydrogen-bond acceptors (Lipinski definition) is 4. The zero-order valence-corrected chi connectivity index (χ0v) is 15.4. The number of rotatable bonds is 2. The van der Waals surface area contributed by atoms with E-state index in [2.05, 4.69) is 29.3 Å². The first-order valence-corrected chi connectivity index (χ1v) is 9.13. The molecule has 1 N–H and O–H groups in total. The largest absolute Gasteiger partial charge is 0.337 e. The summed E-state index contributed by atoms with van der Waals surface area (Å²) >= 11 is 0. The summed E-state index contributed by atoms with van der Waals surface area (Å²) < 4.78 is 0. The number of carbonyl (C=O) groups excluding carboxylic acids is 2. The third-order valence-electron chi connectivity index (χ3n) is 5.76. The van der Waals surface area contributed by atoms with Gasteiger partial charge < -0.3 is 9.80 Å². The Morgan fingerprint density at radius 1 is 1.11 bits per heavy atom. The Balaban J connectivity index is 1.61. The highest BCUT2D eigenvalue weighted by atomic mass is 16.2. The summed E-state index contributed by atoms with van der Waals surface area (Å²) in [5.74, 6) is 0.323. The minimum Gasteiger partial charge on any atom is -0.337 e.